The molecule has 0 heterocycles. The van der Waals surface area contributed by atoms with Crippen molar-refractivity contribution in [3.8, 4) is 0 Å². The van der Waals surface area contributed by atoms with E-state index >= 15 is 0 Å². The van der Waals surface area contributed by atoms with Crippen LogP contribution < -0.4 is 11.1 Å². The van der Waals surface area contributed by atoms with Crippen molar-refractivity contribution < 1.29 is 4.79 Å². The normalized spacial score (nSPS) is 12.1. The lowest BCUT2D eigenvalue weighted by Crippen LogP contribution is -2.29. The van der Waals surface area contributed by atoms with Gasteiger partial charge in [-0.2, -0.15) is 11.8 Å². The molecule has 3 nitrogen and oxygen atoms in total. The number of carbonyl (C=O) groups is 1. The van der Waals surface area contributed by atoms with Gasteiger partial charge in [0.25, 0.3) is 5.91 Å². The van der Waals surface area contributed by atoms with Crippen molar-refractivity contribution in [3.63, 3.8) is 0 Å². The quantitative estimate of drug-likeness (QED) is 0.766. The first kappa shape index (κ1) is 11.9. The maximum absolute atomic E-state index is 11.6. The second-order valence-electron chi connectivity index (χ2n) is 3.38. The minimum atomic E-state index is -0.0665. The number of nitrogens with one attached hydrogen (secondary N) is 1. The van der Waals surface area contributed by atoms with Gasteiger partial charge in [0.2, 0.25) is 0 Å². The standard InChI is InChI=1S/C11H16N2OS/c1-8(15-2)7-13-11(14)9-4-3-5-10(12)6-9/h3-6,8H,7,12H2,1-2H3,(H,13,14). The van der Waals surface area contributed by atoms with Gasteiger partial charge in [0, 0.05) is 23.0 Å². The molecule has 0 spiro atoms. The van der Waals surface area contributed by atoms with Gasteiger partial charge in [0.15, 0.2) is 0 Å². The Morgan fingerprint density at radius 1 is 1.60 bits per heavy atom. The Morgan fingerprint density at radius 2 is 2.33 bits per heavy atom. The van der Waals surface area contributed by atoms with Gasteiger partial charge in [-0.25, -0.2) is 0 Å². The molecule has 0 bridgehead atoms. The summed E-state index contributed by atoms with van der Waals surface area (Å²) in [7, 11) is 0. The largest absolute Gasteiger partial charge is 0.399 e. The predicted molar refractivity (Wildman–Crippen MR) is 66.2 cm³/mol. The van der Waals surface area contributed by atoms with Crippen LogP contribution in [0.25, 0.3) is 0 Å². The van der Waals surface area contributed by atoms with Gasteiger partial charge in [-0.15, -0.1) is 0 Å². The van der Waals surface area contributed by atoms with E-state index in [0.29, 0.717) is 23.0 Å². The number of rotatable bonds is 4. The average molecular weight is 224 g/mol. The SMILES string of the molecule is CSC(C)CNC(=O)c1cccc(N)c1. The van der Waals surface area contributed by atoms with E-state index in [1.165, 1.54) is 0 Å². The zero-order valence-electron chi connectivity index (χ0n) is 8.99. The van der Waals surface area contributed by atoms with E-state index in [1.807, 2.05) is 6.26 Å². The summed E-state index contributed by atoms with van der Waals surface area (Å²) < 4.78 is 0. The van der Waals surface area contributed by atoms with Crippen LogP contribution in [0.1, 0.15) is 17.3 Å². The molecule has 82 valence electrons. The molecule has 0 radical (unpaired) electrons. The Morgan fingerprint density at radius 3 is 2.93 bits per heavy atom. The number of benzene rings is 1. The molecule has 1 amide bonds. The predicted octanol–water partition coefficient (Wildman–Crippen LogP) is 1.75. The smallest absolute Gasteiger partial charge is 0.251 e. The van der Waals surface area contributed by atoms with Crippen LogP contribution in [0, 0.1) is 0 Å². The lowest BCUT2D eigenvalue weighted by Gasteiger charge is -2.09. The Labute approximate surface area is 94.4 Å². The topological polar surface area (TPSA) is 55.1 Å². The first-order valence-corrected chi connectivity index (χ1v) is 6.09. The third kappa shape index (κ3) is 3.83. The Hall–Kier alpha value is -1.16. The highest BCUT2D eigenvalue weighted by atomic mass is 32.2. The van der Waals surface area contributed by atoms with Gasteiger partial charge < -0.3 is 11.1 Å². The Bertz CT molecular complexity index is 341. The molecule has 0 fully saturated rings. The van der Waals surface area contributed by atoms with E-state index in [9.17, 15) is 4.79 Å². The summed E-state index contributed by atoms with van der Waals surface area (Å²) in [6.07, 6.45) is 2.03. The van der Waals surface area contributed by atoms with Gasteiger partial charge in [0.05, 0.1) is 0 Å². The lowest BCUT2D eigenvalue weighted by molar-refractivity contribution is 0.0954. The molecule has 0 aliphatic carbocycles. The highest BCUT2D eigenvalue weighted by Crippen LogP contribution is 2.07. The summed E-state index contributed by atoms with van der Waals surface area (Å²) >= 11 is 1.73. The molecule has 0 saturated carbocycles. The number of nitrogens with two attached hydrogens (primary N) is 1. The zero-order valence-corrected chi connectivity index (χ0v) is 9.80. The summed E-state index contributed by atoms with van der Waals surface area (Å²) in [5.41, 5.74) is 6.82. The molecular weight excluding hydrogens is 208 g/mol. The van der Waals surface area contributed by atoms with Crippen LogP contribution >= 0.6 is 11.8 Å². The van der Waals surface area contributed by atoms with Crippen LogP contribution in [0.5, 0.6) is 0 Å². The molecule has 1 aromatic carbocycles. The number of amides is 1. The van der Waals surface area contributed by atoms with Crippen molar-refractivity contribution in [1.82, 2.24) is 5.32 Å². The fraction of sp³-hybridized carbons (Fsp3) is 0.364. The zero-order chi connectivity index (χ0) is 11.3. The van der Waals surface area contributed by atoms with Crippen molar-refractivity contribution >= 4 is 23.4 Å². The number of carbonyl (C=O) groups excluding carboxylic acids is 1. The molecule has 0 aliphatic heterocycles. The number of nitrogen functional groups attached to an aromatic ring is 1. The molecule has 1 rings (SSSR count). The summed E-state index contributed by atoms with van der Waals surface area (Å²) in [6, 6.07) is 6.98. The van der Waals surface area contributed by atoms with Crippen molar-refractivity contribution in [2.45, 2.75) is 12.2 Å². The van der Waals surface area contributed by atoms with E-state index in [0.717, 1.165) is 0 Å². The Kier molecular flexibility index (Phi) is 4.49. The summed E-state index contributed by atoms with van der Waals surface area (Å²) in [5.74, 6) is -0.0665. The van der Waals surface area contributed by atoms with Crippen LogP contribution in [-0.2, 0) is 0 Å². The molecule has 1 atom stereocenters. The lowest BCUT2D eigenvalue weighted by atomic mass is 10.2. The molecule has 4 heteroatoms. The van der Waals surface area contributed by atoms with E-state index < -0.39 is 0 Å². The maximum atomic E-state index is 11.6. The monoisotopic (exact) mass is 224 g/mol. The van der Waals surface area contributed by atoms with Crippen LogP contribution in [0.3, 0.4) is 0 Å². The molecular formula is C11H16N2OS. The molecule has 1 unspecified atom stereocenters. The molecule has 3 N–H and O–H groups in total. The minimum absolute atomic E-state index is 0.0665. The fourth-order valence-corrected chi connectivity index (χ4v) is 1.35. The Balaban J connectivity index is 2.54. The number of anilines is 1. The van der Waals surface area contributed by atoms with Crippen LogP contribution in [-0.4, -0.2) is 24.0 Å². The number of hydrogen-bond acceptors (Lipinski definition) is 3. The van der Waals surface area contributed by atoms with Crippen molar-refractivity contribution in [1.29, 1.82) is 0 Å². The summed E-state index contributed by atoms with van der Waals surface area (Å²) in [5, 5.41) is 3.29. The van der Waals surface area contributed by atoms with E-state index in [4.69, 9.17) is 5.73 Å². The molecule has 0 aliphatic rings. The summed E-state index contributed by atoms with van der Waals surface area (Å²) in [6.45, 7) is 2.75. The van der Waals surface area contributed by atoms with Crippen LogP contribution in [0.4, 0.5) is 5.69 Å². The maximum Gasteiger partial charge on any atom is 0.251 e. The van der Waals surface area contributed by atoms with Crippen LogP contribution in [0.2, 0.25) is 0 Å². The van der Waals surface area contributed by atoms with Gasteiger partial charge in [0.1, 0.15) is 0 Å². The van der Waals surface area contributed by atoms with Gasteiger partial charge in [-0.3, -0.25) is 4.79 Å². The van der Waals surface area contributed by atoms with Crippen molar-refractivity contribution in [2.75, 3.05) is 18.5 Å². The van der Waals surface area contributed by atoms with Gasteiger partial charge in [-0.1, -0.05) is 13.0 Å². The average Bonchev–Trinajstić information content (AvgIpc) is 2.25. The van der Waals surface area contributed by atoms with E-state index in [1.54, 1.807) is 36.0 Å². The van der Waals surface area contributed by atoms with Gasteiger partial charge >= 0.3 is 0 Å². The summed E-state index contributed by atoms with van der Waals surface area (Å²) in [4.78, 5) is 11.6. The number of thioether (sulfide) groups is 1. The second-order valence-corrected chi connectivity index (χ2v) is 4.66. The minimum Gasteiger partial charge on any atom is -0.399 e. The molecule has 0 aromatic heterocycles. The van der Waals surface area contributed by atoms with Gasteiger partial charge in [-0.05, 0) is 24.5 Å². The van der Waals surface area contributed by atoms with Crippen LogP contribution in [0.15, 0.2) is 24.3 Å². The molecule has 0 saturated heterocycles. The fourth-order valence-electron chi connectivity index (χ4n) is 1.10. The van der Waals surface area contributed by atoms with Crippen molar-refractivity contribution in [3.05, 3.63) is 29.8 Å². The van der Waals surface area contributed by atoms with E-state index in [-0.39, 0.29) is 5.91 Å². The highest BCUT2D eigenvalue weighted by molar-refractivity contribution is 7.99. The first-order chi connectivity index (χ1) is 7.13. The second kappa shape index (κ2) is 5.66. The molecule has 15 heavy (non-hydrogen) atoms. The highest BCUT2D eigenvalue weighted by Gasteiger charge is 2.06. The molecule has 1 aromatic rings. The third-order valence-electron chi connectivity index (χ3n) is 2.10. The number of hydrogen-bond donors (Lipinski definition) is 2. The third-order valence-corrected chi connectivity index (χ3v) is 3.07. The van der Waals surface area contributed by atoms with E-state index in [2.05, 4.69) is 12.2 Å². The first-order valence-electron chi connectivity index (χ1n) is 4.80. The van der Waals surface area contributed by atoms with Crippen molar-refractivity contribution in [2.24, 2.45) is 0 Å².